The lowest BCUT2D eigenvalue weighted by molar-refractivity contribution is -0.131. The lowest BCUT2D eigenvalue weighted by Gasteiger charge is -2.15. The molecule has 158 valence electrons. The number of carbonyl (C=O) groups excluding carboxylic acids is 4. The molecular weight excluding hydrogens is 420 g/mol. The maximum atomic E-state index is 12.8. The molecular formula is C22H18N2O6S. The molecule has 9 heteroatoms. The summed E-state index contributed by atoms with van der Waals surface area (Å²) >= 11 is 1.20. The molecule has 0 saturated carbocycles. The molecule has 0 spiro atoms. The third-order valence-electron chi connectivity index (χ3n) is 4.39. The van der Waals surface area contributed by atoms with E-state index in [0.29, 0.717) is 21.8 Å². The number of anilines is 2. The number of hydrogen-bond donors (Lipinski definition) is 2. The molecule has 8 nitrogen and oxygen atoms in total. The Bertz CT molecular complexity index is 1090. The van der Waals surface area contributed by atoms with Gasteiger partial charge in [-0.05, 0) is 49.4 Å². The van der Waals surface area contributed by atoms with Crippen LogP contribution in [0.25, 0.3) is 0 Å². The van der Waals surface area contributed by atoms with Crippen molar-refractivity contribution in [3.05, 3.63) is 66.2 Å². The molecule has 0 radical (unpaired) electrons. The summed E-state index contributed by atoms with van der Waals surface area (Å²) in [5, 5.41) is 10.5. The van der Waals surface area contributed by atoms with Gasteiger partial charge in [0.2, 0.25) is 17.7 Å². The fraction of sp³-hybridized carbons (Fsp3) is 0.136. The predicted octanol–water partition coefficient (Wildman–Crippen LogP) is 2.89. The highest BCUT2D eigenvalue weighted by Gasteiger charge is 2.40. The molecule has 1 saturated heterocycles. The standard InChI is InChI=1S/C22H18N2O6S/c1-13(25)14-5-7-16(8-6-14)24-20(27)12-18(22(24)30)31-17-4-2-3-15(11-17)23-19(26)9-10-21(28)29/h2-11,18H,12H2,1H3,(H,23,26)(H,28,29). The zero-order chi connectivity index (χ0) is 22.5. The zero-order valence-electron chi connectivity index (χ0n) is 16.4. The number of rotatable bonds is 7. The van der Waals surface area contributed by atoms with E-state index in [1.165, 1.54) is 18.7 Å². The molecule has 3 amide bonds. The number of carboxylic acids is 1. The van der Waals surface area contributed by atoms with Gasteiger partial charge in [0.05, 0.1) is 10.9 Å². The molecule has 2 aromatic rings. The van der Waals surface area contributed by atoms with Gasteiger partial charge in [0.1, 0.15) is 0 Å². The van der Waals surface area contributed by atoms with Gasteiger partial charge >= 0.3 is 5.97 Å². The number of amides is 3. The highest BCUT2D eigenvalue weighted by atomic mass is 32.2. The number of aliphatic carboxylic acids is 1. The second-order valence-electron chi connectivity index (χ2n) is 6.67. The Hall–Kier alpha value is -3.72. The second-order valence-corrected chi connectivity index (χ2v) is 7.95. The van der Waals surface area contributed by atoms with E-state index in [2.05, 4.69) is 5.32 Å². The smallest absolute Gasteiger partial charge is 0.328 e. The monoisotopic (exact) mass is 438 g/mol. The Morgan fingerprint density at radius 1 is 1.10 bits per heavy atom. The number of nitrogens with one attached hydrogen (secondary N) is 1. The average molecular weight is 438 g/mol. The molecule has 1 atom stereocenters. The van der Waals surface area contributed by atoms with E-state index in [1.807, 2.05) is 0 Å². The lowest BCUT2D eigenvalue weighted by Crippen LogP contribution is -2.31. The normalized spacial score (nSPS) is 16.0. The Morgan fingerprint density at radius 2 is 1.81 bits per heavy atom. The van der Waals surface area contributed by atoms with Crippen molar-refractivity contribution < 1.29 is 29.1 Å². The van der Waals surface area contributed by atoms with Crippen LogP contribution in [0, 0.1) is 0 Å². The number of hydrogen-bond acceptors (Lipinski definition) is 6. The Labute approximate surface area is 181 Å². The molecule has 2 N–H and O–H groups in total. The fourth-order valence-electron chi connectivity index (χ4n) is 2.95. The molecule has 1 aliphatic rings. The number of Topliss-reactive ketones (excluding diaryl/α,β-unsaturated/α-hetero) is 1. The van der Waals surface area contributed by atoms with Gasteiger partial charge in [-0.2, -0.15) is 0 Å². The summed E-state index contributed by atoms with van der Waals surface area (Å²) in [7, 11) is 0. The number of carboxylic acid groups (broad SMARTS) is 1. The van der Waals surface area contributed by atoms with Crippen LogP contribution in [-0.4, -0.2) is 39.8 Å². The molecule has 3 rings (SSSR count). The minimum absolute atomic E-state index is 0.0237. The second kappa shape index (κ2) is 9.40. The van der Waals surface area contributed by atoms with Gasteiger partial charge in [-0.1, -0.05) is 6.07 Å². The number of ketones is 1. The minimum atomic E-state index is -1.23. The van der Waals surface area contributed by atoms with Crippen LogP contribution in [0.1, 0.15) is 23.7 Å². The zero-order valence-corrected chi connectivity index (χ0v) is 17.2. The number of imide groups is 1. The maximum absolute atomic E-state index is 12.8. The summed E-state index contributed by atoms with van der Waals surface area (Å²) in [6, 6.07) is 13.0. The summed E-state index contributed by atoms with van der Waals surface area (Å²) < 4.78 is 0. The predicted molar refractivity (Wildman–Crippen MR) is 115 cm³/mol. The highest BCUT2D eigenvalue weighted by Crippen LogP contribution is 2.34. The maximum Gasteiger partial charge on any atom is 0.328 e. The van der Waals surface area contributed by atoms with E-state index < -0.39 is 17.1 Å². The SMILES string of the molecule is CC(=O)c1ccc(N2C(=O)CC(Sc3cccc(NC(=O)C=CC(=O)O)c3)C2=O)cc1. The molecule has 0 aliphatic carbocycles. The molecule has 1 heterocycles. The molecule has 1 aliphatic heterocycles. The van der Waals surface area contributed by atoms with Crippen molar-refractivity contribution in [3.8, 4) is 0 Å². The lowest BCUT2D eigenvalue weighted by atomic mass is 10.1. The number of carbonyl (C=O) groups is 5. The third kappa shape index (κ3) is 5.46. The first-order chi connectivity index (χ1) is 14.7. The van der Waals surface area contributed by atoms with Crippen LogP contribution in [-0.2, 0) is 19.2 Å². The molecule has 31 heavy (non-hydrogen) atoms. The van der Waals surface area contributed by atoms with Crippen molar-refractivity contribution in [1.82, 2.24) is 0 Å². The van der Waals surface area contributed by atoms with Crippen LogP contribution in [0.4, 0.5) is 11.4 Å². The van der Waals surface area contributed by atoms with Gasteiger partial charge < -0.3 is 10.4 Å². The molecule has 0 bridgehead atoms. The minimum Gasteiger partial charge on any atom is -0.478 e. The Kier molecular flexibility index (Phi) is 6.66. The average Bonchev–Trinajstić information content (AvgIpc) is 2.99. The fourth-order valence-corrected chi connectivity index (χ4v) is 4.07. The van der Waals surface area contributed by atoms with Crippen LogP contribution in [0.2, 0.25) is 0 Å². The van der Waals surface area contributed by atoms with E-state index in [9.17, 15) is 24.0 Å². The van der Waals surface area contributed by atoms with Crippen LogP contribution in [0.15, 0.2) is 65.6 Å². The van der Waals surface area contributed by atoms with Crippen molar-refractivity contribution in [2.24, 2.45) is 0 Å². The molecule has 1 fully saturated rings. The number of benzene rings is 2. The van der Waals surface area contributed by atoms with Crippen molar-refractivity contribution in [1.29, 1.82) is 0 Å². The van der Waals surface area contributed by atoms with Crippen molar-refractivity contribution >= 4 is 52.6 Å². The van der Waals surface area contributed by atoms with Crippen molar-refractivity contribution in [2.45, 2.75) is 23.5 Å². The first-order valence-electron chi connectivity index (χ1n) is 9.21. The van der Waals surface area contributed by atoms with Gasteiger partial charge in [0, 0.05) is 34.7 Å². The van der Waals surface area contributed by atoms with E-state index in [0.717, 1.165) is 17.1 Å². The number of thioether (sulfide) groups is 1. The van der Waals surface area contributed by atoms with E-state index in [1.54, 1.807) is 48.5 Å². The van der Waals surface area contributed by atoms with Crippen LogP contribution in [0.5, 0.6) is 0 Å². The topological polar surface area (TPSA) is 121 Å². The highest BCUT2D eigenvalue weighted by molar-refractivity contribution is 8.00. The van der Waals surface area contributed by atoms with Gasteiger partial charge in [0.15, 0.2) is 5.78 Å². The molecule has 0 aromatic heterocycles. The van der Waals surface area contributed by atoms with Gasteiger partial charge in [-0.25, -0.2) is 9.69 Å². The van der Waals surface area contributed by atoms with Crippen molar-refractivity contribution in [3.63, 3.8) is 0 Å². The van der Waals surface area contributed by atoms with Gasteiger partial charge in [0.25, 0.3) is 0 Å². The van der Waals surface area contributed by atoms with Crippen molar-refractivity contribution in [2.75, 3.05) is 10.2 Å². The summed E-state index contributed by atoms with van der Waals surface area (Å²) in [6.45, 7) is 1.44. The molecule has 2 aromatic carbocycles. The number of nitrogens with zero attached hydrogens (tertiary/aromatic N) is 1. The van der Waals surface area contributed by atoms with Crippen LogP contribution >= 0.6 is 11.8 Å². The Morgan fingerprint density at radius 3 is 2.45 bits per heavy atom. The summed E-state index contributed by atoms with van der Waals surface area (Å²) in [5.74, 6) is -2.63. The van der Waals surface area contributed by atoms with Crippen LogP contribution < -0.4 is 10.2 Å². The van der Waals surface area contributed by atoms with E-state index >= 15 is 0 Å². The quantitative estimate of drug-likeness (QED) is 0.387. The first kappa shape index (κ1) is 22.0. The summed E-state index contributed by atoms with van der Waals surface area (Å²) in [6.07, 6.45) is 1.65. The summed E-state index contributed by atoms with van der Waals surface area (Å²) in [5.41, 5.74) is 1.33. The molecule has 1 unspecified atom stereocenters. The summed E-state index contributed by atoms with van der Waals surface area (Å²) in [4.78, 5) is 60.7. The van der Waals surface area contributed by atoms with Crippen LogP contribution in [0.3, 0.4) is 0 Å². The van der Waals surface area contributed by atoms with Gasteiger partial charge in [-0.15, -0.1) is 11.8 Å². The third-order valence-corrected chi connectivity index (χ3v) is 5.57. The van der Waals surface area contributed by atoms with Gasteiger partial charge in [-0.3, -0.25) is 19.2 Å². The van der Waals surface area contributed by atoms with E-state index in [-0.39, 0.29) is 24.0 Å². The van der Waals surface area contributed by atoms with E-state index in [4.69, 9.17) is 5.11 Å². The largest absolute Gasteiger partial charge is 0.478 e. The Balaban J connectivity index is 1.70. The first-order valence-corrected chi connectivity index (χ1v) is 10.1.